The number of benzene rings is 2. The monoisotopic (exact) mass is 421 g/mol. The molecule has 0 bridgehead atoms. The summed E-state index contributed by atoms with van der Waals surface area (Å²) < 4.78 is 42.3. The summed E-state index contributed by atoms with van der Waals surface area (Å²) in [6.07, 6.45) is -3.03. The smallest absolute Gasteiger partial charge is 0.406 e. The van der Waals surface area contributed by atoms with Crippen LogP contribution in [0.4, 0.5) is 13.2 Å². The lowest BCUT2D eigenvalue weighted by Gasteiger charge is -2.24. The van der Waals surface area contributed by atoms with Crippen molar-refractivity contribution in [1.29, 1.82) is 5.26 Å². The number of carbonyl (C=O) groups is 1. The summed E-state index contributed by atoms with van der Waals surface area (Å²) in [5.74, 6) is -1.03. The Morgan fingerprint density at radius 2 is 1.90 bits per heavy atom. The Balaban J connectivity index is 1.76. The van der Waals surface area contributed by atoms with Crippen molar-refractivity contribution >= 4 is 28.4 Å². The lowest BCUT2D eigenvalue weighted by molar-refractivity contribution is -0.274. The van der Waals surface area contributed by atoms with E-state index in [1.54, 1.807) is 29.8 Å². The molecule has 1 aromatic heterocycles. The predicted molar refractivity (Wildman–Crippen MR) is 102 cm³/mol. The number of halogens is 4. The Hall–Kier alpha value is -3.18. The molecule has 3 rings (SSSR count). The highest BCUT2D eigenvalue weighted by atomic mass is 35.5. The topological polar surface area (TPSA) is 67.0 Å². The highest BCUT2D eigenvalue weighted by molar-refractivity contribution is 6.31. The fourth-order valence-corrected chi connectivity index (χ4v) is 3.04. The molecular formula is C20H15ClF3N3O2. The van der Waals surface area contributed by atoms with Crippen LogP contribution in [0.5, 0.6) is 5.75 Å². The summed E-state index contributed by atoms with van der Waals surface area (Å²) in [4.78, 5) is 12.5. The molecule has 1 atom stereocenters. The van der Waals surface area contributed by atoms with E-state index in [1.165, 1.54) is 12.1 Å². The summed E-state index contributed by atoms with van der Waals surface area (Å²) in [6, 6.07) is 13.8. The van der Waals surface area contributed by atoms with Gasteiger partial charge in [0.25, 0.3) is 5.91 Å². The Bertz CT molecular complexity index is 1090. The lowest BCUT2D eigenvalue weighted by Crippen LogP contribution is -2.47. The van der Waals surface area contributed by atoms with Crippen LogP contribution < -0.4 is 10.1 Å². The number of nitrogens with one attached hydrogen (secondary N) is 1. The number of nitriles is 1. The molecule has 0 spiro atoms. The van der Waals surface area contributed by atoms with Gasteiger partial charge in [-0.2, -0.15) is 5.26 Å². The zero-order valence-corrected chi connectivity index (χ0v) is 15.9. The minimum absolute atomic E-state index is 0.0985. The maximum atomic E-state index is 12.5. The fraction of sp³-hybridized carbons (Fsp3) is 0.200. The Kier molecular flexibility index (Phi) is 5.44. The van der Waals surface area contributed by atoms with Crippen LogP contribution in [0.3, 0.4) is 0 Å². The number of amides is 1. The van der Waals surface area contributed by atoms with E-state index in [9.17, 15) is 23.2 Å². The van der Waals surface area contributed by atoms with E-state index in [2.05, 4.69) is 16.1 Å². The molecule has 1 N–H and O–H groups in total. The molecule has 9 heteroatoms. The zero-order valence-electron chi connectivity index (χ0n) is 15.1. The van der Waals surface area contributed by atoms with Crippen molar-refractivity contribution in [2.45, 2.75) is 25.4 Å². The second-order valence-corrected chi connectivity index (χ2v) is 7.05. The molecule has 150 valence electrons. The quantitative estimate of drug-likeness (QED) is 0.636. The normalized spacial score (nSPS) is 13.5. The molecule has 0 saturated heterocycles. The van der Waals surface area contributed by atoms with Crippen LogP contribution in [0.2, 0.25) is 5.02 Å². The van der Waals surface area contributed by atoms with Gasteiger partial charge in [-0.1, -0.05) is 17.7 Å². The van der Waals surface area contributed by atoms with Gasteiger partial charge in [-0.05, 0) is 54.8 Å². The maximum absolute atomic E-state index is 12.5. The Labute approximate surface area is 169 Å². The zero-order chi connectivity index (χ0) is 21.2. The molecule has 1 unspecified atom stereocenters. The molecule has 0 saturated carbocycles. The third kappa shape index (κ3) is 5.00. The van der Waals surface area contributed by atoms with Crippen LogP contribution in [0, 0.1) is 11.3 Å². The first kappa shape index (κ1) is 20.6. The standard InChI is InChI=1S/C20H15ClF3N3O2/c1-19(11-25,12-27-9-8-13-2-5-15(21)10-17(13)27)26-18(28)14-3-6-16(7-4-14)29-20(22,23)24/h2-10H,12H2,1H3,(H,26,28). The largest absolute Gasteiger partial charge is 0.573 e. The van der Waals surface area contributed by atoms with Crippen molar-refractivity contribution in [3.05, 3.63) is 65.3 Å². The lowest BCUT2D eigenvalue weighted by atomic mass is 10.0. The van der Waals surface area contributed by atoms with Crippen LogP contribution >= 0.6 is 11.6 Å². The van der Waals surface area contributed by atoms with Crippen LogP contribution in [0.25, 0.3) is 10.9 Å². The third-order valence-electron chi connectivity index (χ3n) is 4.21. The molecule has 29 heavy (non-hydrogen) atoms. The molecule has 1 heterocycles. The molecule has 5 nitrogen and oxygen atoms in total. The average Bonchev–Trinajstić information content (AvgIpc) is 3.02. The minimum atomic E-state index is -4.81. The van der Waals surface area contributed by atoms with Crippen LogP contribution in [0.15, 0.2) is 54.7 Å². The van der Waals surface area contributed by atoms with Crippen molar-refractivity contribution in [2.24, 2.45) is 0 Å². The van der Waals surface area contributed by atoms with Crippen LogP contribution in [0.1, 0.15) is 17.3 Å². The Morgan fingerprint density at radius 3 is 2.52 bits per heavy atom. The van der Waals surface area contributed by atoms with Crippen molar-refractivity contribution in [1.82, 2.24) is 9.88 Å². The van der Waals surface area contributed by atoms with Gasteiger partial charge in [0.05, 0.1) is 12.6 Å². The molecule has 0 aliphatic carbocycles. The number of carbonyl (C=O) groups excluding carboxylic acids is 1. The summed E-state index contributed by atoms with van der Waals surface area (Å²) in [7, 11) is 0. The average molecular weight is 422 g/mol. The van der Waals surface area contributed by atoms with Gasteiger partial charge in [0, 0.05) is 22.3 Å². The number of nitrogens with zero attached hydrogens (tertiary/aromatic N) is 2. The molecule has 0 radical (unpaired) electrons. The third-order valence-corrected chi connectivity index (χ3v) is 4.44. The molecule has 3 aromatic rings. The second kappa shape index (κ2) is 7.68. The number of hydrogen-bond acceptors (Lipinski definition) is 3. The fourth-order valence-electron chi connectivity index (χ4n) is 2.87. The van der Waals surface area contributed by atoms with Gasteiger partial charge in [0.2, 0.25) is 0 Å². The van der Waals surface area contributed by atoms with Gasteiger partial charge < -0.3 is 14.6 Å². The summed E-state index contributed by atoms with van der Waals surface area (Å²) in [5.41, 5.74) is -0.366. The van der Waals surface area contributed by atoms with Crippen LogP contribution in [-0.2, 0) is 6.54 Å². The predicted octanol–water partition coefficient (Wildman–Crippen LogP) is 4.91. The van der Waals surface area contributed by atoms with E-state index in [-0.39, 0.29) is 12.1 Å². The van der Waals surface area contributed by atoms with Gasteiger partial charge in [0.1, 0.15) is 11.3 Å². The van der Waals surface area contributed by atoms with Gasteiger partial charge in [-0.25, -0.2) is 0 Å². The molecule has 2 aromatic carbocycles. The summed E-state index contributed by atoms with van der Waals surface area (Å²) >= 11 is 6.04. The molecule has 1 amide bonds. The van der Waals surface area contributed by atoms with Crippen molar-refractivity contribution in [2.75, 3.05) is 0 Å². The van der Waals surface area contributed by atoms with E-state index >= 15 is 0 Å². The number of alkyl halides is 3. The molecule has 0 aliphatic rings. The van der Waals surface area contributed by atoms with E-state index < -0.39 is 23.6 Å². The van der Waals surface area contributed by atoms with Crippen molar-refractivity contribution in [3.63, 3.8) is 0 Å². The number of fused-ring (bicyclic) bond motifs is 1. The first-order valence-electron chi connectivity index (χ1n) is 8.42. The highest BCUT2D eigenvalue weighted by Crippen LogP contribution is 2.24. The maximum Gasteiger partial charge on any atom is 0.573 e. The van der Waals surface area contributed by atoms with Crippen molar-refractivity contribution in [3.8, 4) is 11.8 Å². The second-order valence-electron chi connectivity index (χ2n) is 6.62. The summed E-state index contributed by atoms with van der Waals surface area (Å²) in [5, 5.41) is 13.7. The Morgan fingerprint density at radius 1 is 1.21 bits per heavy atom. The first-order chi connectivity index (χ1) is 13.6. The van der Waals surface area contributed by atoms with Crippen molar-refractivity contribution < 1.29 is 22.7 Å². The summed E-state index contributed by atoms with van der Waals surface area (Å²) in [6.45, 7) is 1.71. The van der Waals surface area contributed by atoms with Gasteiger partial charge in [0.15, 0.2) is 0 Å². The first-order valence-corrected chi connectivity index (χ1v) is 8.80. The van der Waals surface area contributed by atoms with E-state index in [1.807, 2.05) is 12.1 Å². The number of ether oxygens (including phenoxy) is 1. The van der Waals surface area contributed by atoms with E-state index in [0.29, 0.717) is 5.02 Å². The van der Waals surface area contributed by atoms with Gasteiger partial charge in [-0.15, -0.1) is 13.2 Å². The number of aromatic nitrogens is 1. The van der Waals surface area contributed by atoms with Gasteiger partial charge >= 0.3 is 6.36 Å². The number of rotatable bonds is 5. The number of hydrogen-bond donors (Lipinski definition) is 1. The van der Waals surface area contributed by atoms with E-state index in [0.717, 1.165) is 23.0 Å². The highest BCUT2D eigenvalue weighted by Gasteiger charge is 2.31. The molecular weight excluding hydrogens is 407 g/mol. The minimum Gasteiger partial charge on any atom is -0.406 e. The molecule has 0 fully saturated rings. The van der Waals surface area contributed by atoms with Crippen LogP contribution in [-0.4, -0.2) is 22.4 Å². The van der Waals surface area contributed by atoms with E-state index in [4.69, 9.17) is 11.6 Å². The molecule has 0 aliphatic heterocycles. The van der Waals surface area contributed by atoms with Gasteiger partial charge in [-0.3, -0.25) is 4.79 Å². The SMILES string of the molecule is CC(C#N)(Cn1ccc2ccc(Cl)cc21)NC(=O)c1ccc(OC(F)(F)F)cc1.